The molecule has 5 nitrogen and oxygen atoms in total. The number of nitrogens with zero attached hydrogens (tertiary/aromatic N) is 3. The van der Waals surface area contributed by atoms with Gasteiger partial charge in [0.1, 0.15) is 23.2 Å². The maximum atomic E-state index is 6.55. The third-order valence-electron chi connectivity index (χ3n) is 9.68. The molecule has 0 amide bonds. The van der Waals surface area contributed by atoms with Crippen molar-refractivity contribution in [3.8, 4) is 16.8 Å². The Labute approximate surface area is 288 Å². The number of aromatic nitrogens is 1. The second-order valence-corrected chi connectivity index (χ2v) is 12.6. The number of nitrogens with one attached hydrogen (secondary N) is 1. The molecule has 0 saturated heterocycles. The van der Waals surface area contributed by atoms with E-state index in [2.05, 4.69) is 143 Å². The molecule has 50 heavy (non-hydrogen) atoms. The van der Waals surface area contributed by atoms with Crippen molar-refractivity contribution in [1.29, 1.82) is 0 Å². The van der Waals surface area contributed by atoms with Crippen molar-refractivity contribution in [2.24, 2.45) is 9.98 Å². The molecule has 10 rings (SSSR count). The largest absolute Gasteiger partial charge is 0.456 e. The van der Waals surface area contributed by atoms with Gasteiger partial charge in [0, 0.05) is 27.3 Å². The quantitative estimate of drug-likeness (QED) is 0.203. The van der Waals surface area contributed by atoms with Crippen LogP contribution in [0.15, 0.2) is 184 Å². The number of para-hydroxylation sites is 2. The molecule has 7 aromatic carbocycles. The predicted octanol–water partition coefficient (Wildman–Crippen LogP) is 10.8. The SMILES string of the molecule is c1ccc(C2=NC(c3ccccc3)NC(c3ccc(-c4ccc5c(c4)oc4cccc(-n6c7ccccc7c7ccccc76)c45)cc3)=N2)cc1. The fourth-order valence-corrected chi connectivity index (χ4v) is 7.29. The molecule has 1 aliphatic heterocycles. The molecule has 2 aromatic heterocycles. The lowest BCUT2D eigenvalue weighted by Gasteiger charge is -2.23. The molecular weight excluding hydrogens is 613 g/mol. The highest BCUT2D eigenvalue weighted by Gasteiger charge is 2.21. The van der Waals surface area contributed by atoms with E-state index in [1.165, 1.54) is 21.8 Å². The van der Waals surface area contributed by atoms with Crippen LogP contribution in [0.4, 0.5) is 0 Å². The summed E-state index contributed by atoms with van der Waals surface area (Å²) >= 11 is 0. The number of hydrogen-bond acceptors (Lipinski definition) is 4. The number of amidine groups is 2. The Morgan fingerprint density at radius 1 is 0.500 bits per heavy atom. The maximum Gasteiger partial charge on any atom is 0.159 e. The fourth-order valence-electron chi connectivity index (χ4n) is 7.29. The second-order valence-electron chi connectivity index (χ2n) is 12.6. The Kier molecular flexibility index (Phi) is 6.49. The summed E-state index contributed by atoms with van der Waals surface area (Å²) in [5.74, 6) is 1.51. The van der Waals surface area contributed by atoms with E-state index < -0.39 is 0 Å². The maximum absolute atomic E-state index is 6.55. The molecule has 236 valence electrons. The summed E-state index contributed by atoms with van der Waals surface area (Å²) in [6, 6.07) is 59.1. The smallest absolute Gasteiger partial charge is 0.159 e. The molecular formula is C45H30N4O. The summed E-state index contributed by atoms with van der Waals surface area (Å²) in [5.41, 5.74) is 10.5. The zero-order chi connectivity index (χ0) is 33.0. The lowest BCUT2D eigenvalue weighted by Crippen LogP contribution is -2.33. The van der Waals surface area contributed by atoms with Gasteiger partial charge in [-0.25, -0.2) is 9.98 Å². The van der Waals surface area contributed by atoms with Crippen molar-refractivity contribution >= 4 is 55.4 Å². The average Bonchev–Trinajstić information content (AvgIpc) is 3.74. The summed E-state index contributed by atoms with van der Waals surface area (Å²) in [4.78, 5) is 9.94. The van der Waals surface area contributed by atoms with Crippen molar-refractivity contribution in [3.63, 3.8) is 0 Å². The normalized spacial score (nSPS) is 14.6. The molecule has 1 aliphatic rings. The molecule has 0 aliphatic carbocycles. The van der Waals surface area contributed by atoms with Gasteiger partial charge in [0.2, 0.25) is 0 Å². The van der Waals surface area contributed by atoms with Gasteiger partial charge in [-0.3, -0.25) is 0 Å². The minimum atomic E-state index is -0.235. The van der Waals surface area contributed by atoms with Gasteiger partial charge >= 0.3 is 0 Å². The molecule has 0 fully saturated rings. The highest BCUT2D eigenvalue weighted by molar-refractivity contribution is 6.15. The molecule has 9 aromatic rings. The third kappa shape index (κ3) is 4.63. The molecule has 1 unspecified atom stereocenters. The molecule has 0 bridgehead atoms. The van der Waals surface area contributed by atoms with E-state index >= 15 is 0 Å². The first-order valence-electron chi connectivity index (χ1n) is 16.9. The van der Waals surface area contributed by atoms with Crippen LogP contribution < -0.4 is 5.32 Å². The van der Waals surface area contributed by atoms with E-state index in [0.29, 0.717) is 5.84 Å². The minimum Gasteiger partial charge on any atom is -0.456 e. The van der Waals surface area contributed by atoms with Crippen molar-refractivity contribution in [3.05, 3.63) is 187 Å². The van der Waals surface area contributed by atoms with Gasteiger partial charge in [-0.2, -0.15) is 0 Å². The lowest BCUT2D eigenvalue weighted by molar-refractivity contribution is 0.669. The van der Waals surface area contributed by atoms with Crippen molar-refractivity contribution in [2.75, 3.05) is 0 Å². The van der Waals surface area contributed by atoms with Crippen LogP contribution in [0.1, 0.15) is 22.9 Å². The monoisotopic (exact) mass is 642 g/mol. The zero-order valence-electron chi connectivity index (χ0n) is 27.0. The van der Waals surface area contributed by atoms with E-state index in [4.69, 9.17) is 14.4 Å². The number of aliphatic imine (C=N–C) groups is 2. The number of hydrogen-bond donors (Lipinski definition) is 1. The number of benzene rings is 7. The lowest BCUT2D eigenvalue weighted by atomic mass is 10.0. The Bertz CT molecular complexity index is 2720. The summed E-state index contributed by atoms with van der Waals surface area (Å²) in [6.45, 7) is 0. The fraction of sp³-hybridized carbons (Fsp3) is 0.0222. The Balaban J connectivity index is 1.03. The first-order chi connectivity index (χ1) is 24.8. The standard InChI is InChI=1S/C45H30N4O/c1-3-12-30(13-4-1)43-46-44(31-14-5-2-6-15-31)48-45(47-43)32-24-22-29(23-25-32)33-26-27-36-41(28-33)50-40-21-11-20-39(42(36)40)49-37-18-9-7-16-34(37)35-17-8-10-19-38(35)49/h1-28,43H,(H,46,47,48). The number of furan rings is 1. The topological polar surface area (TPSA) is 54.8 Å². The Morgan fingerprint density at radius 2 is 1.14 bits per heavy atom. The van der Waals surface area contributed by atoms with Crippen molar-refractivity contribution < 1.29 is 4.42 Å². The molecule has 0 spiro atoms. The van der Waals surface area contributed by atoms with E-state index in [1.807, 2.05) is 36.4 Å². The Morgan fingerprint density at radius 3 is 1.88 bits per heavy atom. The second kappa shape index (κ2) is 11.5. The Hall–Kier alpha value is -6.72. The predicted molar refractivity (Wildman–Crippen MR) is 205 cm³/mol. The summed E-state index contributed by atoms with van der Waals surface area (Å²) < 4.78 is 8.92. The number of fused-ring (bicyclic) bond motifs is 6. The molecule has 5 heteroatoms. The number of rotatable bonds is 5. The van der Waals surface area contributed by atoms with E-state index in [0.717, 1.165) is 61.3 Å². The third-order valence-corrected chi connectivity index (χ3v) is 9.68. The first-order valence-corrected chi connectivity index (χ1v) is 16.9. The summed E-state index contributed by atoms with van der Waals surface area (Å²) in [7, 11) is 0. The van der Waals surface area contributed by atoms with Gasteiger partial charge in [-0.1, -0.05) is 133 Å². The van der Waals surface area contributed by atoms with Gasteiger partial charge in [0.05, 0.1) is 22.1 Å². The van der Waals surface area contributed by atoms with Gasteiger partial charge in [-0.05, 0) is 53.1 Å². The van der Waals surface area contributed by atoms with Crippen LogP contribution in [-0.4, -0.2) is 16.2 Å². The van der Waals surface area contributed by atoms with Crippen LogP contribution in [0.5, 0.6) is 0 Å². The van der Waals surface area contributed by atoms with Gasteiger partial charge in [-0.15, -0.1) is 0 Å². The average molecular weight is 643 g/mol. The molecule has 1 N–H and O–H groups in total. The molecule has 1 atom stereocenters. The van der Waals surface area contributed by atoms with E-state index in [9.17, 15) is 0 Å². The van der Waals surface area contributed by atoms with Crippen LogP contribution in [0.2, 0.25) is 0 Å². The highest BCUT2D eigenvalue weighted by atomic mass is 16.3. The summed E-state index contributed by atoms with van der Waals surface area (Å²) in [6.07, 6.45) is -0.235. The summed E-state index contributed by atoms with van der Waals surface area (Å²) in [5, 5.41) is 8.26. The van der Waals surface area contributed by atoms with E-state index in [1.54, 1.807) is 0 Å². The van der Waals surface area contributed by atoms with Crippen LogP contribution in [0.3, 0.4) is 0 Å². The highest BCUT2D eigenvalue weighted by Crippen LogP contribution is 2.39. The van der Waals surface area contributed by atoms with Gasteiger partial charge < -0.3 is 14.3 Å². The van der Waals surface area contributed by atoms with Gasteiger partial charge in [0.25, 0.3) is 0 Å². The van der Waals surface area contributed by atoms with Gasteiger partial charge in [0.15, 0.2) is 5.84 Å². The molecule has 0 saturated carbocycles. The van der Waals surface area contributed by atoms with Crippen LogP contribution in [0, 0.1) is 0 Å². The van der Waals surface area contributed by atoms with Crippen LogP contribution >= 0.6 is 0 Å². The molecule has 0 radical (unpaired) electrons. The van der Waals surface area contributed by atoms with Crippen LogP contribution in [-0.2, 0) is 0 Å². The first kappa shape index (κ1) is 28.3. The van der Waals surface area contributed by atoms with E-state index in [-0.39, 0.29) is 6.17 Å². The zero-order valence-corrected chi connectivity index (χ0v) is 27.0. The van der Waals surface area contributed by atoms with Crippen LogP contribution in [0.25, 0.3) is 60.6 Å². The molecule has 3 heterocycles. The van der Waals surface area contributed by atoms with Crippen molar-refractivity contribution in [2.45, 2.75) is 6.17 Å². The minimum absolute atomic E-state index is 0.235. The van der Waals surface area contributed by atoms with Crippen molar-refractivity contribution in [1.82, 2.24) is 9.88 Å².